The van der Waals surface area contributed by atoms with Crippen molar-refractivity contribution in [2.75, 3.05) is 33.3 Å². The zero-order chi connectivity index (χ0) is 19.5. The lowest BCUT2D eigenvalue weighted by molar-refractivity contribution is 0.221. The van der Waals surface area contributed by atoms with Crippen molar-refractivity contribution in [1.29, 1.82) is 0 Å². The summed E-state index contributed by atoms with van der Waals surface area (Å²) in [6.07, 6.45) is 1.89. The molecule has 156 valence electrons. The van der Waals surface area contributed by atoms with Crippen LogP contribution in [0.25, 0.3) is 0 Å². The van der Waals surface area contributed by atoms with Crippen molar-refractivity contribution in [2.45, 2.75) is 33.9 Å². The fraction of sp³-hybridized carbons (Fsp3) is 0.500. The van der Waals surface area contributed by atoms with Gasteiger partial charge in [-0.2, -0.15) is 0 Å². The topological polar surface area (TPSA) is 61.8 Å². The molecule has 0 atom stereocenters. The Labute approximate surface area is 189 Å². The third-order valence-corrected chi connectivity index (χ3v) is 5.19. The van der Waals surface area contributed by atoms with Crippen molar-refractivity contribution in [2.24, 2.45) is 4.99 Å². The van der Waals surface area contributed by atoms with Crippen LogP contribution in [-0.4, -0.2) is 49.1 Å². The number of para-hydroxylation sites is 1. The molecular weight excluding hydrogens is 485 g/mol. The van der Waals surface area contributed by atoms with Crippen molar-refractivity contribution in [3.63, 3.8) is 0 Å². The number of halogens is 1. The molecule has 0 aliphatic carbocycles. The van der Waals surface area contributed by atoms with Crippen molar-refractivity contribution in [3.05, 3.63) is 45.9 Å². The van der Waals surface area contributed by atoms with Crippen LogP contribution >= 0.6 is 35.3 Å². The van der Waals surface area contributed by atoms with E-state index >= 15 is 0 Å². The van der Waals surface area contributed by atoms with Gasteiger partial charge in [-0.15, -0.1) is 35.3 Å². The van der Waals surface area contributed by atoms with Crippen LogP contribution in [0.1, 0.15) is 29.3 Å². The summed E-state index contributed by atoms with van der Waals surface area (Å²) < 4.78 is 6.02. The van der Waals surface area contributed by atoms with Crippen LogP contribution in [0.15, 0.2) is 35.5 Å². The van der Waals surface area contributed by atoms with Gasteiger partial charge >= 0.3 is 0 Å². The minimum absolute atomic E-state index is 0. The molecule has 0 unspecified atom stereocenters. The molecule has 0 bridgehead atoms. The van der Waals surface area contributed by atoms with Crippen LogP contribution in [-0.2, 0) is 13.1 Å². The highest BCUT2D eigenvalue weighted by Gasteiger charge is 2.06. The molecule has 0 saturated carbocycles. The average molecular weight is 517 g/mol. The van der Waals surface area contributed by atoms with E-state index in [0.29, 0.717) is 19.7 Å². The summed E-state index contributed by atoms with van der Waals surface area (Å²) in [4.78, 5) is 12.2. The Morgan fingerprint density at radius 3 is 2.54 bits per heavy atom. The summed E-state index contributed by atoms with van der Waals surface area (Å²) in [6, 6.07) is 8.14. The van der Waals surface area contributed by atoms with Gasteiger partial charge in [-0.05, 0) is 26.1 Å². The minimum atomic E-state index is 0. The molecule has 2 rings (SSSR count). The van der Waals surface area contributed by atoms with Gasteiger partial charge in [0, 0.05) is 36.8 Å². The molecule has 0 amide bonds. The number of benzene rings is 1. The van der Waals surface area contributed by atoms with E-state index in [0.717, 1.165) is 41.9 Å². The number of hydrogen-bond donors (Lipinski definition) is 2. The molecule has 0 saturated heterocycles. The van der Waals surface area contributed by atoms with E-state index in [1.807, 2.05) is 24.4 Å². The number of thiazole rings is 1. The normalized spacial score (nSPS) is 11.2. The van der Waals surface area contributed by atoms with E-state index in [9.17, 15) is 0 Å². The van der Waals surface area contributed by atoms with Gasteiger partial charge in [0.2, 0.25) is 0 Å². The van der Waals surface area contributed by atoms with Crippen LogP contribution < -0.4 is 15.4 Å². The fourth-order valence-electron chi connectivity index (χ4n) is 2.66. The van der Waals surface area contributed by atoms with Crippen LogP contribution in [0.3, 0.4) is 0 Å². The second kappa shape index (κ2) is 13.7. The number of guanidine groups is 1. The van der Waals surface area contributed by atoms with E-state index < -0.39 is 0 Å². The third-order valence-electron chi connectivity index (χ3n) is 4.28. The van der Waals surface area contributed by atoms with Crippen LogP contribution in [0.4, 0.5) is 0 Å². The predicted octanol–water partition coefficient (Wildman–Crippen LogP) is 3.66. The van der Waals surface area contributed by atoms with E-state index in [2.05, 4.69) is 52.3 Å². The molecule has 2 aromatic rings. The number of ether oxygens (including phenoxy) is 1. The lowest BCUT2D eigenvalue weighted by atomic mass is 10.2. The molecule has 0 spiro atoms. The van der Waals surface area contributed by atoms with Crippen LogP contribution in [0, 0.1) is 6.92 Å². The molecule has 28 heavy (non-hydrogen) atoms. The van der Waals surface area contributed by atoms with Crippen molar-refractivity contribution in [1.82, 2.24) is 20.5 Å². The van der Waals surface area contributed by atoms with E-state index in [1.54, 1.807) is 18.4 Å². The number of aromatic nitrogens is 1. The quantitative estimate of drug-likeness (QED) is 0.286. The summed E-state index contributed by atoms with van der Waals surface area (Å²) in [6.45, 7) is 11.4. The van der Waals surface area contributed by atoms with Gasteiger partial charge in [0.1, 0.15) is 17.4 Å². The molecule has 0 fully saturated rings. The molecule has 1 aromatic heterocycles. The van der Waals surface area contributed by atoms with E-state index in [1.165, 1.54) is 4.88 Å². The van der Waals surface area contributed by atoms with Gasteiger partial charge in [0.25, 0.3) is 0 Å². The first-order chi connectivity index (χ1) is 13.2. The lowest BCUT2D eigenvalue weighted by Crippen LogP contribution is -2.36. The molecule has 0 aliphatic rings. The van der Waals surface area contributed by atoms with Gasteiger partial charge in [0.05, 0.1) is 6.54 Å². The first-order valence-electron chi connectivity index (χ1n) is 9.45. The minimum Gasteiger partial charge on any atom is -0.492 e. The lowest BCUT2D eigenvalue weighted by Gasteiger charge is -2.19. The maximum atomic E-state index is 6.02. The van der Waals surface area contributed by atoms with Gasteiger partial charge in [0.15, 0.2) is 5.96 Å². The van der Waals surface area contributed by atoms with Crippen molar-refractivity contribution >= 4 is 41.3 Å². The number of rotatable bonds is 10. The number of nitrogens with zero attached hydrogens (tertiary/aromatic N) is 3. The number of nitrogens with one attached hydrogen (secondary N) is 2. The molecule has 0 aliphatic heterocycles. The highest BCUT2D eigenvalue weighted by molar-refractivity contribution is 14.0. The summed E-state index contributed by atoms with van der Waals surface area (Å²) in [5.41, 5.74) is 1.12. The zero-order valence-electron chi connectivity index (χ0n) is 17.2. The number of aryl methyl sites for hydroxylation is 1. The average Bonchev–Trinajstić information content (AvgIpc) is 3.11. The monoisotopic (exact) mass is 517 g/mol. The molecule has 2 N–H and O–H groups in total. The number of aliphatic imine (C=N–C) groups is 1. The molecular formula is C20H32IN5OS. The number of hydrogen-bond acceptors (Lipinski definition) is 5. The van der Waals surface area contributed by atoms with Crippen LogP contribution in [0.2, 0.25) is 0 Å². The van der Waals surface area contributed by atoms with Crippen molar-refractivity contribution in [3.8, 4) is 5.75 Å². The Hall–Kier alpha value is -1.39. The summed E-state index contributed by atoms with van der Waals surface area (Å²) in [7, 11) is 1.77. The fourth-order valence-corrected chi connectivity index (χ4v) is 3.38. The zero-order valence-corrected chi connectivity index (χ0v) is 20.3. The van der Waals surface area contributed by atoms with Gasteiger partial charge < -0.3 is 20.3 Å². The third kappa shape index (κ3) is 8.32. The molecule has 6 nitrogen and oxygen atoms in total. The Bertz CT molecular complexity index is 718. The summed E-state index contributed by atoms with van der Waals surface area (Å²) in [5.74, 6) is 1.67. The summed E-state index contributed by atoms with van der Waals surface area (Å²) >= 11 is 1.69. The second-order valence-corrected chi connectivity index (χ2v) is 7.45. The standard InChI is InChI=1S/C20H31N5OS.HI/c1-5-25(6-2)11-12-26-18-10-8-7-9-17(18)14-23-20(21-4)24-15-19-22-13-16(3)27-19;/h7-10,13H,5-6,11-12,14-15H2,1-4H3,(H2,21,23,24);1H. The smallest absolute Gasteiger partial charge is 0.191 e. The number of likely N-dealkylation sites (N-methyl/N-ethyl adjacent to an activating group) is 1. The van der Waals surface area contributed by atoms with Crippen LogP contribution in [0.5, 0.6) is 5.75 Å². The predicted molar refractivity (Wildman–Crippen MR) is 129 cm³/mol. The molecule has 1 aromatic carbocycles. The second-order valence-electron chi connectivity index (χ2n) is 6.13. The molecule has 1 heterocycles. The van der Waals surface area contributed by atoms with E-state index in [-0.39, 0.29) is 24.0 Å². The SMILES string of the molecule is CCN(CC)CCOc1ccccc1CNC(=NC)NCc1ncc(C)s1.I. The molecule has 8 heteroatoms. The van der Waals surface area contributed by atoms with Gasteiger partial charge in [-0.3, -0.25) is 4.99 Å². The largest absolute Gasteiger partial charge is 0.492 e. The first-order valence-corrected chi connectivity index (χ1v) is 10.3. The highest BCUT2D eigenvalue weighted by atomic mass is 127. The molecule has 0 radical (unpaired) electrons. The Kier molecular flexibility index (Phi) is 12.1. The maximum Gasteiger partial charge on any atom is 0.191 e. The maximum absolute atomic E-state index is 6.02. The Morgan fingerprint density at radius 2 is 1.89 bits per heavy atom. The Morgan fingerprint density at radius 1 is 1.18 bits per heavy atom. The van der Waals surface area contributed by atoms with Gasteiger partial charge in [-0.1, -0.05) is 32.0 Å². The first kappa shape index (κ1) is 24.6. The highest BCUT2D eigenvalue weighted by Crippen LogP contribution is 2.17. The van der Waals surface area contributed by atoms with Crippen molar-refractivity contribution < 1.29 is 4.74 Å². The summed E-state index contributed by atoms with van der Waals surface area (Å²) in [5, 5.41) is 7.70. The van der Waals surface area contributed by atoms with E-state index in [4.69, 9.17) is 4.74 Å². The Balaban J connectivity index is 0.00000392. The van der Waals surface area contributed by atoms with Gasteiger partial charge in [-0.25, -0.2) is 4.98 Å².